The van der Waals surface area contributed by atoms with Gasteiger partial charge >= 0.3 is 12.1 Å². The van der Waals surface area contributed by atoms with Crippen LogP contribution in [0, 0.1) is 16.2 Å². The van der Waals surface area contributed by atoms with Gasteiger partial charge in [-0.25, -0.2) is 4.79 Å². The highest BCUT2D eigenvalue weighted by molar-refractivity contribution is 5.85. The monoisotopic (exact) mass is 444 g/mol. The van der Waals surface area contributed by atoms with Crippen molar-refractivity contribution in [2.45, 2.75) is 63.7 Å². The Labute approximate surface area is 184 Å². The van der Waals surface area contributed by atoms with E-state index in [0.717, 1.165) is 36.9 Å². The zero-order valence-corrected chi connectivity index (χ0v) is 18.0. The average molecular weight is 444 g/mol. The van der Waals surface area contributed by atoms with Crippen molar-refractivity contribution in [3.8, 4) is 0 Å². The summed E-state index contributed by atoms with van der Waals surface area (Å²) in [7, 11) is 0. The number of aromatic amines is 1. The zero-order chi connectivity index (χ0) is 22.5. The fourth-order valence-corrected chi connectivity index (χ4v) is 7.11. The van der Waals surface area contributed by atoms with E-state index in [-0.39, 0.29) is 42.3 Å². The summed E-state index contributed by atoms with van der Waals surface area (Å²) in [4.78, 5) is 16.7. The molecule has 4 aliphatic carbocycles. The molecule has 170 valence electrons. The van der Waals surface area contributed by atoms with Crippen LogP contribution in [-0.2, 0) is 11.2 Å². The molecular weight excluding hydrogens is 417 g/mol. The molecule has 0 radical (unpaired) electrons. The molecule has 7 heteroatoms. The minimum Gasteiger partial charge on any atom is -0.478 e. The summed E-state index contributed by atoms with van der Waals surface area (Å²) in [5.74, 6) is -0.949. The summed E-state index contributed by atoms with van der Waals surface area (Å²) in [6, 6.07) is 8.06. The number of para-hydroxylation sites is 1. The number of benzene rings is 1. The second kappa shape index (κ2) is 6.19. The smallest absolute Gasteiger partial charge is 0.395 e. The molecule has 2 bridgehead atoms. The van der Waals surface area contributed by atoms with Gasteiger partial charge in [0.15, 0.2) is 0 Å². The van der Waals surface area contributed by atoms with Gasteiger partial charge in [0.1, 0.15) is 0 Å². The predicted octanol–water partition coefficient (Wildman–Crippen LogP) is 5.61. The number of carboxylic acids is 1. The number of nitrogens with zero attached hydrogens (tertiary/aromatic N) is 1. The molecule has 1 aromatic heterocycles. The molecule has 2 heterocycles. The lowest BCUT2D eigenvalue weighted by molar-refractivity contribution is -0.237. The SMILES string of the molecule is CC1Cc2c([nH]c3ccccc23)C(C23CC(/C=C/C(=O)O)(C2)C3)N1CC1(C(F)(F)F)CC1. The van der Waals surface area contributed by atoms with Gasteiger partial charge in [-0.2, -0.15) is 13.2 Å². The van der Waals surface area contributed by atoms with E-state index in [1.807, 2.05) is 18.2 Å². The Hall–Kier alpha value is -2.28. The van der Waals surface area contributed by atoms with Crippen molar-refractivity contribution in [3.05, 3.63) is 47.7 Å². The number of alkyl halides is 3. The molecule has 4 saturated carbocycles. The molecule has 1 aliphatic heterocycles. The maximum Gasteiger partial charge on any atom is 0.395 e. The van der Waals surface area contributed by atoms with Crippen LogP contribution < -0.4 is 0 Å². The standard InChI is InChI=1S/C25H27F3N2O2/c1-15-10-17-16-4-2-3-5-18(16)29-20(17)21(30(15)14-24(8-9-24)25(26,27)28)23-11-22(12-23,13-23)7-6-19(31)32/h2-7,15,21,29H,8-14H2,1H3,(H,31,32)/b7-6+. The molecule has 4 nitrogen and oxygen atoms in total. The maximum atomic E-state index is 13.9. The fraction of sp³-hybridized carbons (Fsp3) is 0.560. The van der Waals surface area contributed by atoms with Crippen LogP contribution in [0.4, 0.5) is 13.2 Å². The molecule has 2 aromatic rings. The molecule has 1 aromatic carbocycles. The van der Waals surface area contributed by atoms with Gasteiger partial charge in [-0.1, -0.05) is 24.3 Å². The summed E-state index contributed by atoms with van der Waals surface area (Å²) in [5.41, 5.74) is 1.60. The molecular formula is C25H27F3N2O2. The third-order valence-electron chi connectivity index (χ3n) is 8.73. The van der Waals surface area contributed by atoms with Crippen LogP contribution >= 0.6 is 0 Å². The number of carbonyl (C=O) groups is 1. The second-order valence-corrected chi connectivity index (χ2v) is 10.9. The number of H-pyrrole nitrogens is 1. The molecule has 2 unspecified atom stereocenters. The van der Waals surface area contributed by atoms with E-state index in [9.17, 15) is 18.0 Å². The number of nitrogens with one attached hydrogen (secondary N) is 1. The molecule has 4 fully saturated rings. The fourth-order valence-electron chi connectivity index (χ4n) is 7.11. The maximum absolute atomic E-state index is 13.9. The normalized spacial score (nSPS) is 35.4. The highest BCUT2D eigenvalue weighted by Crippen LogP contribution is 2.79. The number of allylic oxidation sites excluding steroid dienone is 1. The van der Waals surface area contributed by atoms with Crippen molar-refractivity contribution in [2.24, 2.45) is 16.2 Å². The van der Waals surface area contributed by atoms with Crippen LogP contribution in [0.2, 0.25) is 0 Å². The van der Waals surface area contributed by atoms with Gasteiger partial charge in [0, 0.05) is 35.3 Å². The highest BCUT2D eigenvalue weighted by Gasteiger charge is 2.72. The van der Waals surface area contributed by atoms with Crippen molar-refractivity contribution in [3.63, 3.8) is 0 Å². The summed E-state index contributed by atoms with van der Waals surface area (Å²) < 4.78 is 41.7. The first-order valence-electron chi connectivity index (χ1n) is 11.4. The number of hydrogen-bond donors (Lipinski definition) is 2. The van der Waals surface area contributed by atoms with Crippen molar-refractivity contribution < 1.29 is 23.1 Å². The van der Waals surface area contributed by atoms with Crippen molar-refractivity contribution in [1.29, 1.82) is 0 Å². The number of fused-ring (bicyclic) bond motifs is 3. The van der Waals surface area contributed by atoms with E-state index < -0.39 is 17.6 Å². The van der Waals surface area contributed by atoms with Gasteiger partial charge in [-0.3, -0.25) is 4.90 Å². The van der Waals surface area contributed by atoms with E-state index in [1.54, 1.807) is 6.08 Å². The lowest BCUT2D eigenvalue weighted by Crippen LogP contribution is -2.67. The van der Waals surface area contributed by atoms with Crippen LogP contribution in [-0.4, -0.2) is 39.7 Å². The first-order chi connectivity index (χ1) is 15.1. The summed E-state index contributed by atoms with van der Waals surface area (Å²) >= 11 is 0. The first-order valence-corrected chi connectivity index (χ1v) is 11.4. The highest BCUT2D eigenvalue weighted by atomic mass is 19.4. The van der Waals surface area contributed by atoms with E-state index in [4.69, 9.17) is 5.11 Å². The molecule has 0 spiro atoms. The van der Waals surface area contributed by atoms with E-state index in [0.29, 0.717) is 0 Å². The number of halogens is 3. The number of rotatable bonds is 5. The Morgan fingerprint density at radius 3 is 2.56 bits per heavy atom. The Morgan fingerprint density at radius 2 is 1.94 bits per heavy atom. The Balaban J connectivity index is 1.40. The van der Waals surface area contributed by atoms with Gasteiger partial charge < -0.3 is 10.1 Å². The van der Waals surface area contributed by atoms with E-state index >= 15 is 0 Å². The Bertz CT molecular complexity index is 1120. The van der Waals surface area contributed by atoms with E-state index in [2.05, 4.69) is 22.9 Å². The number of aliphatic carboxylic acids is 1. The summed E-state index contributed by atoms with van der Waals surface area (Å²) in [6.45, 7) is 2.12. The number of aromatic nitrogens is 1. The average Bonchev–Trinajstić information content (AvgIpc) is 3.37. The molecule has 7 rings (SSSR count). The van der Waals surface area contributed by atoms with Gasteiger partial charge in [-0.05, 0) is 67.9 Å². The minimum atomic E-state index is -4.18. The van der Waals surface area contributed by atoms with Gasteiger partial charge in [0.05, 0.1) is 11.5 Å². The molecule has 0 saturated heterocycles. The quantitative estimate of drug-likeness (QED) is 0.590. The predicted molar refractivity (Wildman–Crippen MR) is 114 cm³/mol. The Morgan fingerprint density at radius 1 is 1.25 bits per heavy atom. The largest absolute Gasteiger partial charge is 0.478 e. The summed E-state index contributed by atoms with van der Waals surface area (Å²) in [5, 5.41) is 10.2. The topological polar surface area (TPSA) is 56.3 Å². The third kappa shape index (κ3) is 2.69. The van der Waals surface area contributed by atoms with Crippen molar-refractivity contribution >= 4 is 16.9 Å². The number of hydrogen-bond acceptors (Lipinski definition) is 2. The second-order valence-electron chi connectivity index (χ2n) is 10.9. The van der Waals surface area contributed by atoms with Crippen LogP contribution in [0.1, 0.15) is 56.3 Å². The minimum absolute atomic E-state index is 0.0195. The Kier molecular flexibility index (Phi) is 3.93. The lowest BCUT2D eigenvalue weighted by atomic mass is 9.32. The van der Waals surface area contributed by atoms with E-state index in [1.165, 1.54) is 17.0 Å². The molecule has 32 heavy (non-hydrogen) atoms. The third-order valence-corrected chi connectivity index (χ3v) is 8.73. The zero-order valence-electron chi connectivity index (χ0n) is 18.0. The van der Waals surface area contributed by atoms with Crippen molar-refractivity contribution in [2.75, 3.05) is 6.54 Å². The van der Waals surface area contributed by atoms with Crippen LogP contribution in [0.3, 0.4) is 0 Å². The van der Waals surface area contributed by atoms with Crippen molar-refractivity contribution in [1.82, 2.24) is 9.88 Å². The van der Waals surface area contributed by atoms with Crippen LogP contribution in [0.5, 0.6) is 0 Å². The molecule has 0 amide bonds. The number of carboxylic acid groups (broad SMARTS) is 1. The van der Waals surface area contributed by atoms with Gasteiger partial charge in [0.25, 0.3) is 0 Å². The summed E-state index contributed by atoms with van der Waals surface area (Å²) in [6.07, 6.45) is 2.53. The first kappa shape index (κ1) is 20.3. The molecule has 2 atom stereocenters. The van der Waals surface area contributed by atoms with Gasteiger partial charge in [0.2, 0.25) is 0 Å². The van der Waals surface area contributed by atoms with Gasteiger partial charge in [-0.15, -0.1) is 0 Å². The lowest BCUT2D eigenvalue weighted by Gasteiger charge is -2.74. The van der Waals surface area contributed by atoms with Crippen LogP contribution in [0.15, 0.2) is 36.4 Å². The molecule has 2 N–H and O–H groups in total. The molecule has 5 aliphatic rings. The van der Waals surface area contributed by atoms with Crippen LogP contribution in [0.25, 0.3) is 10.9 Å².